The lowest BCUT2D eigenvalue weighted by Crippen LogP contribution is -2.43. The highest BCUT2D eigenvalue weighted by Crippen LogP contribution is 2.35. The zero-order valence-corrected chi connectivity index (χ0v) is 21.4. The number of methoxy groups -OCH3 is 1. The van der Waals surface area contributed by atoms with Crippen LogP contribution in [0.4, 0.5) is 4.39 Å². The molecular formula is C28H31FN2O4S. The Kier molecular flexibility index (Phi) is 8.16. The Morgan fingerprint density at radius 2 is 2.06 bits per heavy atom. The van der Waals surface area contributed by atoms with Crippen molar-refractivity contribution in [3.63, 3.8) is 0 Å². The molecule has 1 N–H and O–H groups in total. The number of carbonyl (C=O) groups excluding carboxylic acids is 2. The monoisotopic (exact) mass is 510 g/mol. The van der Waals surface area contributed by atoms with Gasteiger partial charge in [0, 0.05) is 37.6 Å². The predicted molar refractivity (Wildman–Crippen MR) is 138 cm³/mol. The number of hydrogen-bond acceptors (Lipinski definition) is 6. The molecule has 1 atom stereocenters. The number of carbonyl (C=O) groups is 2. The first-order valence-corrected chi connectivity index (χ1v) is 12.9. The van der Waals surface area contributed by atoms with Crippen LogP contribution in [0.25, 0.3) is 5.57 Å². The van der Waals surface area contributed by atoms with Gasteiger partial charge in [-0.05, 0) is 49.8 Å². The average Bonchev–Trinajstić information content (AvgIpc) is 3.59. The lowest BCUT2D eigenvalue weighted by molar-refractivity contribution is -0.131. The zero-order chi connectivity index (χ0) is 25.8. The van der Waals surface area contributed by atoms with E-state index < -0.39 is 11.5 Å². The maximum Gasteiger partial charge on any atom is 0.254 e. The van der Waals surface area contributed by atoms with Gasteiger partial charge in [-0.1, -0.05) is 30.4 Å². The number of allylic oxidation sites excluding steroid dienone is 2. The highest BCUT2D eigenvalue weighted by atomic mass is 32.1. The minimum atomic E-state index is -0.632. The van der Waals surface area contributed by atoms with Crippen LogP contribution in [0.15, 0.2) is 60.0 Å². The maximum atomic E-state index is 13.6. The Morgan fingerprint density at radius 3 is 2.69 bits per heavy atom. The highest BCUT2D eigenvalue weighted by molar-refractivity contribution is 7.13. The van der Waals surface area contributed by atoms with Crippen molar-refractivity contribution < 1.29 is 23.8 Å². The van der Waals surface area contributed by atoms with Gasteiger partial charge < -0.3 is 14.7 Å². The van der Waals surface area contributed by atoms with Gasteiger partial charge in [-0.15, -0.1) is 11.3 Å². The zero-order valence-electron chi connectivity index (χ0n) is 20.6. The van der Waals surface area contributed by atoms with Crippen LogP contribution >= 0.6 is 11.3 Å². The summed E-state index contributed by atoms with van der Waals surface area (Å²) in [4.78, 5) is 34.0. The van der Waals surface area contributed by atoms with Crippen molar-refractivity contribution in [3.8, 4) is 0 Å². The van der Waals surface area contributed by atoms with Crippen molar-refractivity contribution in [1.82, 2.24) is 9.88 Å². The molecule has 1 saturated heterocycles. The third-order valence-corrected chi connectivity index (χ3v) is 7.56. The van der Waals surface area contributed by atoms with Gasteiger partial charge in [0.25, 0.3) is 5.91 Å². The van der Waals surface area contributed by atoms with Crippen molar-refractivity contribution in [3.05, 3.63) is 81.3 Å². The minimum absolute atomic E-state index is 0.0756. The molecule has 36 heavy (non-hydrogen) atoms. The summed E-state index contributed by atoms with van der Waals surface area (Å²) >= 11 is 1.33. The van der Waals surface area contributed by atoms with Crippen molar-refractivity contribution in [2.45, 2.75) is 45.1 Å². The second-order valence-corrected chi connectivity index (χ2v) is 10.5. The third-order valence-electron chi connectivity index (χ3n) is 6.53. The first-order valence-electron chi connectivity index (χ1n) is 12.1. The largest absolute Gasteiger partial charge is 0.504 e. The summed E-state index contributed by atoms with van der Waals surface area (Å²) in [6.45, 7) is 6.75. The fraction of sp³-hybridized carbons (Fsp3) is 0.393. The van der Waals surface area contributed by atoms with Crippen LogP contribution in [0.2, 0.25) is 0 Å². The molecule has 0 spiro atoms. The maximum absolute atomic E-state index is 13.6. The van der Waals surface area contributed by atoms with Gasteiger partial charge in [0.15, 0.2) is 5.76 Å². The van der Waals surface area contributed by atoms with Crippen molar-refractivity contribution in [2.75, 3.05) is 20.3 Å². The molecule has 6 nitrogen and oxygen atoms in total. The number of nitrogens with zero attached hydrogens (tertiary/aromatic N) is 2. The predicted octanol–water partition coefficient (Wildman–Crippen LogP) is 5.26. The molecule has 1 aliphatic heterocycles. The Labute approximate surface area is 214 Å². The van der Waals surface area contributed by atoms with E-state index >= 15 is 0 Å². The summed E-state index contributed by atoms with van der Waals surface area (Å²) < 4.78 is 18.6. The standard InChI is InChI=1S/C28H31FN2O4S/c1-4-23(27-30-14-22(36-27)13-18-7-9-20(29)10-8-18)25(32)26(33)24-12-17(2)11-21(16-35-3)31(28(24)34)15-19-5-6-19/h4,7-10,14,19,21,33H,2,5-6,11-13,15-16H2,1,3H3/b23-4+,26-24-/t21-/m0/s1. The number of aromatic nitrogens is 1. The second kappa shape index (κ2) is 11.3. The Hall–Kier alpha value is -3.10. The average molecular weight is 511 g/mol. The van der Waals surface area contributed by atoms with Gasteiger partial charge in [-0.25, -0.2) is 9.37 Å². The van der Waals surface area contributed by atoms with E-state index in [4.69, 9.17) is 4.74 Å². The van der Waals surface area contributed by atoms with E-state index in [9.17, 15) is 19.1 Å². The number of likely N-dealkylation sites (tertiary alicyclic amines) is 1. The quantitative estimate of drug-likeness (QED) is 0.283. The number of rotatable bonds is 9. The van der Waals surface area contributed by atoms with Gasteiger partial charge in [0.05, 0.1) is 23.8 Å². The second-order valence-electron chi connectivity index (χ2n) is 9.43. The number of thiazole rings is 1. The molecule has 190 valence electrons. The smallest absolute Gasteiger partial charge is 0.254 e. The molecule has 0 radical (unpaired) electrons. The number of ether oxygens (including phenoxy) is 1. The molecule has 0 bridgehead atoms. The van der Waals surface area contributed by atoms with Crippen LogP contribution in [0.1, 0.15) is 48.1 Å². The van der Waals surface area contributed by atoms with Crippen LogP contribution in [-0.4, -0.2) is 53.0 Å². The van der Waals surface area contributed by atoms with Crippen LogP contribution in [0.3, 0.4) is 0 Å². The summed E-state index contributed by atoms with van der Waals surface area (Å²) in [5.74, 6) is -1.37. The molecule has 0 unspecified atom stereocenters. The Bertz CT molecular complexity index is 1210. The number of ketones is 1. The first-order chi connectivity index (χ1) is 17.3. The van der Waals surface area contributed by atoms with Crippen LogP contribution in [-0.2, 0) is 20.7 Å². The van der Waals surface area contributed by atoms with E-state index in [0.717, 1.165) is 28.9 Å². The van der Waals surface area contributed by atoms with E-state index in [1.165, 1.54) is 23.5 Å². The van der Waals surface area contributed by atoms with Crippen LogP contribution in [0, 0.1) is 11.7 Å². The number of halogens is 1. The lowest BCUT2D eigenvalue weighted by Gasteiger charge is -2.30. The third kappa shape index (κ3) is 5.99. The molecule has 1 saturated carbocycles. The minimum Gasteiger partial charge on any atom is -0.504 e. The normalized spacial score (nSPS) is 20.5. The molecule has 2 heterocycles. The number of benzene rings is 1. The van der Waals surface area contributed by atoms with Gasteiger partial charge in [0.1, 0.15) is 10.8 Å². The molecule has 4 rings (SSSR count). The van der Waals surface area contributed by atoms with Crippen LogP contribution < -0.4 is 0 Å². The number of Topliss-reactive ketones (excluding diaryl/α,β-unsaturated/α-hetero) is 1. The molecule has 1 aliphatic carbocycles. The number of amides is 1. The van der Waals surface area contributed by atoms with Gasteiger partial charge >= 0.3 is 0 Å². The van der Waals surface area contributed by atoms with E-state index in [2.05, 4.69) is 11.6 Å². The lowest BCUT2D eigenvalue weighted by atomic mass is 9.99. The Morgan fingerprint density at radius 1 is 1.33 bits per heavy atom. The molecule has 2 aromatic rings. The molecule has 8 heteroatoms. The number of aliphatic hydroxyl groups is 1. The van der Waals surface area contributed by atoms with Gasteiger partial charge in [-0.2, -0.15) is 0 Å². The molecule has 1 aromatic carbocycles. The summed E-state index contributed by atoms with van der Waals surface area (Å²) in [7, 11) is 1.60. The fourth-order valence-electron chi connectivity index (χ4n) is 4.45. The molecule has 2 fully saturated rings. The van der Waals surface area contributed by atoms with E-state index in [1.807, 2.05) is 0 Å². The molecular weight excluding hydrogens is 479 g/mol. The van der Waals surface area contributed by atoms with E-state index in [1.54, 1.807) is 43.3 Å². The molecule has 1 amide bonds. The number of aliphatic hydroxyl groups excluding tert-OH is 1. The van der Waals surface area contributed by atoms with E-state index in [0.29, 0.717) is 36.9 Å². The summed E-state index contributed by atoms with van der Waals surface area (Å²) in [6.07, 6.45) is 6.67. The highest BCUT2D eigenvalue weighted by Gasteiger charge is 2.37. The van der Waals surface area contributed by atoms with Gasteiger partial charge in [-0.3, -0.25) is 9.59 Å². The molecule has 1 aromatic heterocycles. The summed E-state index contributed by atoms with van der Waals surface area (Å²) in [5.41, 5.74) is 2.01. The SMILES string of the molecule is C=C1C/C(=C(/O)C(=O)/C(=C\C)c2ncc(Cc3ccc(F)cc3)s2)C(=O)N(CC2CC2)[C@H](COC)C1. The number of hydrogen-bond donors (Lipinski definition) is 1. The summed E-state index contributed by atoms with van der Waals surface area (Å²) in [5, 5.41) is 11.5. The topological polar surface area (TPSA) is 79.7 Å². The van der Waals surface area contributed by atoms with Crippen molar-refractivity contribution >= 4 is 28.6 Å². The van der Waals surface area contributed by atoms with Crippen molar-refractivity contribution in [2.24, 2.45) is 5.92 Å². The first kappa shape index (κ1) is 26.0. The van der Waals surface area contributed by atoms with Crippen molar-refractivity contribution in [1.29, 1.82) is 0 Å². The van der Waals surface area contributed by atoms with E-state index in [-0.39, 0.29) is 35.3 Å². The summed E-state index contributed by atoms with van der Waals surface area (Å²) in [6, 6.07) is 6.06. The fourth-order valence-corrected chi connectivity index (χ4v) is 5.47. The molecule has 2 aliphatic rings. The van der Waals surface area contributed by atoms with Crippen LogP contribution in [0.5, 0.6) is 0 Å². The Balaban J connectivity index is 1.59. The van der Waals surface area contributed by atoms with Gasteiger partial charge in [0.2, 0.25) is 5.78 Å².